The molecule has 0 N–H and O–H groups in total. The topological polar surface area (TPSA) is 44.8 Å². The Bertz CT molecular complexity index is 1120. The molecule has 4 rings (SSSR count). The van der Waals surface area contributed by atoms with E-state index < -0.39 is 0 Å². The van der Waals surface area contributed by atoms with Crippen LogP contribution in [0.5, 0.6) is 5.75 Å². The van der Waals surface area contributed by atoms with Crippen LogP contribution in [0.4, 0.5) is 4.39 Å². The smallest absolute Gasteiger partial charge is 0.305 e. The normalized spacial score (nSPS) is 15.0. The third kappa shape index (κ3) is 5.84. The Morgan fingerprint density at radius 3 is 2.62 bits per heavy atom. The Morgan fingerprint density at radius 1 is 1.03 bits per heavy atom. The van der Waals surface area contributed by atoms with Crippen LogP contribution in [-0.4, -0.2) is 20.2 Å². The molecule has 0 spiro atoms. The molecule has 1 aliphatic rings. The van der Waals surface area contributed by atoms with Crippen molar-refractivity contribution in [1.82, 2.24) is 0 Å². The lowest BCUT2D eigenvalue weighted by atomic mass is 9.86. The maximum absolute atomic E-state index is 14.1. The molecule has 1 unspecified atom stereocenters. The predicted molar refractivity (Wildman–Crippen MR) is 130 cm³/mol. The maximum atomic E-state index is 14.1. The van der Waals surface area contributed by atoms with Crippen LogP contribution in [0.2, 0.25) is 0 Å². The minimum Gasteiger partial charge on any atom is -0.489 e. The van der Waals surface area contributed by atoms with Crippen molar-refractivity contribution in [1.29, 1.82) is 0 Å². The van der Waals surface area contributed by atoms with Crippen LogP contribution in [-0.2, 0) is 33.7 Å². The van der Waals surface area contributed by atoms with E-state index in [0.717, 1.165) is 60.1 Å². The number of aryl methyl sites for hydroxylation is 2. The number of carbonyl (C=O) groups excluding carboxylic acids is 1. The first-order chi connectivity index (χ1) is 16.6. The van der Waals surface area contributed by atoms with Crippen molar-refractivity contribution in [3.05, 3.63) is 88.7 Å². The highest BCUT2D eigenvalue weighted by atomic mass is 19.1. The molecule has 0 bridgehead atoms. The Morgan fingerprint density at radius 2 is 1.85 bits per heavy atom. The van der Waals surface area contributed by atoms with Gasteiger partial charge in [0.2, 0.25) is 0 Å². The van der Waals surface area contributed by atoms with Gasteiger partial charge in [-0.15, -0.1) is 0 Å². The van der Waals surface area contributed by atoms with Gasteiger partial charge in [-0.05, 0) is 89.8 Å². The van der Waals surface area contributed by atoms with Gasteiger partial charge < -0.3 is 14.2 Å². The van der Waals surface area contributed by atoms with Gasteiger partial charge in [0.05, 0.1) is 13.2 Å². The van der Waals surface area contributed by atoms with E-state index in [1.54, 1.807) is 13.2 Å². The highest BCUT2D eigenvalue weighted by molar-refractivity contribution is 5.69. The fourth-order valence-electron chi connectivity index (χ4n) is 4.60. The lowest BCUT2D eigenvalue weighted by Crippen LogP contribution is -2.11. The zero-order chi connectivity index (χ0) is 23.9. The number of benzene rings is 3. The second-order valence-electron chi connectivity index (χ2n) is 8.69. The molecule has 3 aromatic carbocycles. The number of carbonyl (C=O) groups is 1. The summed E-state index contributed by atoms with van der Waals surface area (Å²) in [5, 5.41) is 0. The summed E-state index contributed by atoms with van der Waals surface area (Å²) in [5.41, 5.74) is 6.53. The molecule has 3 aromatic rings. The number of methoxy groups -OCH3 is 2. The number of ether oxygens (including phenoxy) is 3. The minimum atomic E-state index is -0.277. The second-order valence-corrected chi connectivity index (χ2v) is 8.69. The molecule has 0 amide bonds. The lowest BCUT2D eigenvalue weighted by Gasteiger charge is -2.25. The van der Waals surface area contributed by atoms with Gasteiger partial charge in [0.25, 0.3) is 0 Å². The fraction of sp³-hybridized carbons (Fsp3) is 0.345. The van der Waals surface area contributed by atoms with E-state index in [9.17, 15) is 9.18 Å². The summed E-state index contributed by atoms with van der Waals surface area (Å²) in [6, 6.07) is 19.1. The van der Waals surface area contributed by atoms with Crippen LogP contribution in [0.25, 0.3) is 11.1 Å². The van der Waals surface area contributed by atoms with Gasteiger partial charge in [0.15, 0.2) is 0 Å². The van der Waals surface area contributed by atoms with E-state index in [-0.39, 0.29) is 24.5 Å². The van der Waals surface area contributed by atoms with Crippen LogP contribution in [0.1, 0.15) is 54.0 Å². The molecule has 4 nitrogen and oxygen atoms in total. The number of fused-ring (bicyclic) bond motifs is 1. The highest BCUT2D eigenvalue weighted by Crippen LogP contribution is 2.35. The first-order valence-electron chi connectivity index (χ1n) is 11.8. The number of hydrogen-bond acceptors (Lipinski definition) is 4. The van der Waals surface area contributed by atoms with Gasteiger partial charge in [-0.25, -0.2) is 4.39 Å². The van der Waals surface area contributed by atoms with E-state index in [2.05, 4.69) is 22.9 Å². The molecule has 0 aromatic heterocycles. The Kier molecular flexibility index (Phi) is 7.96. The molecule has 0 radical (unpaired) electrons. The molecule has 0 aliphatic heterocycles. The number of esters is 1. The van der Waals surface area contributed by atoms with Crippen molar-refractivity contribution in [2.75, 3.05) is 14.2 Å². The van der Waals surface area contributed by atoms with Gasteiger partial charge >= 0.3 is 5.97 Å². The molecular weight excluding hydrogens is 431 g/mol. The zero-order valence-electron chi connectivity index (χ0n) is 19.8. The van der Waals surface area contributed by atoms with E-state index in [0.29, 0.717) is 6.42 Å². The van der Waals surface area contributed by atoms with Crippen LogP contribution in [0.15, 0.2) is 60.7 Å². The van der Waals surface area contributed by atoms with E-state index >= 15 is 0 Å². The zero-order valence-corrected chi connectivity index (χ0v) is 19.8. The molecule has 0 saturated heterocycles. The summed E-state index contributed by atoms with van der Waals surface area (Å²) in [7, 11) is 3.17. The van der Waals surface area contributed by atoms with Crippen molar-refractivity contribution in [2.45, 2.75) is 51.2 Å². The maximum Gasteiger partial charge on any atom is 0.305 e. The summed E-state index contributed by atoms with van der Waals surface area (Å²) in [6.07, 6.45) is 5.28. The summed E-state index contributed by atoms with van der Waals surface area (Å²) in [5.74, 6) is 0.254. The average Bonchev–Trinajstić information content (AvgIpc) is 2.87. The molecule has 1 atom stereocenters. The Balaban J connectivity index is 1.46. The molecule has 5 heteroatoms. The first-order valence-corrected chi connectivity index (χ1v) is 11.8. The van der Waals surface area contributed by atoms with Crippen LogP contribution >= 0.6 is 0 Å². The molecule has 34 heavy (non-hydrogen) atoms. The molecule has 1 aliphatic carbocycles. The molecule has 0 heterocycles. The third-order valence-electron chi connectivity index (χ3n) is 6.46. The summed E-state index contributed by atoms with van der Waals surface area (Å²) in [4.78, 5) is 11.3. The van der Waals surface area contributed by atoms with Crippen molar-refractivity contribution in [2.24, 2.45) is 0 Å². The van der Waals surface area contributed by atoms with Crippen molar-refractivity contribution >= 4 is 5.97 Å². The van der Waals surface area contributed by atoms with Crippen molar-refractivity contribution in [3.8, 4) is 16.9 Å². The summed E-state index contributed by atoms with van der Waals surface area (Å²) in [6.45, 7) is 0.270. The highest BCUT2D eigenvalue weighted by Gasteiger charge is 2.20. The van der Waals surface area contributed by atoms with Gasteiger partial charge in [-0.2, -0.15) is 0 Å². The quantitative estimate of drug-likeness (QED) is 0.337. The number of hydrogen-bond donors (Lipinski definition) is 0. The van der Waals surface area contributed by atoms with Gasteiger partial charge in [-0.1, -0.05) is 36.4 Å². The Hall–Kier alpha value is -3.18. The van der Waals surface area contributed by atoms with Crippen LogP contribution < -0.4 is 4.74 Å². The SMILES string of the molecule is COC(=O)CCCc1ccc(OCc2cc(F)ccc2-c2ccc3c(c2)CCCC3OC)cc1. The van der Waals surface area contributed by atoms with Crippen LogP contribution in [0, 0.1) is 5.82 Å². The Labute approximate surface area is 200 Å². The van der Waals surface area contributed by atoms with E-state index in [4.69, 9.17) is 9.47 Å². The first kappa shape index (κ1) is 24.0. The standard InChI is InChI=1S/C29H31FO4/c1-32-28-7-4-6-21-17-22(11-15-27(21)28)26-16-12-24(30)18-23(26)19-34-25-13-9-20(10-14-25)5-3-8-29(31)33-2/h9-18,28H,3-8,19H2,1-2H3. The molecular formula is C29H31FO4. The van der Waals surface area contributed by atoms with Crippen molar-refractivity contribution in [3.63, 3.8) is 0 Å². The van der Waals surface area contributed by atoms with E-state index in [1.165, 1.54) is 24.3 Å². The minimum absolute atomic E-state index is 0.150. The van der Waals surface area contributed by atoms with E-state index in [1.807, 2.05) is 30.3 Å². The average molecular weight is 463 g/mol. The van der Waals surface area contributed by atoms with Crippen LogP contribution in [0.3, 0.4) is 0 Å². The monoisotopic (exact) mass is 462 g/mol. The van der Waals surface area contributed by atoms with Gasteiger partial charge in [0.1, 0.15) is 18.2 Å². The summed E-state index contributed by atoms with van der Waals surface area (Å²) < 4.78 is 30.4. The largest absolute Gasteiger partial charge is 0.489 e. The lowest BCUT2D eigenvalue weighted by molar-refractivity contribution is -0.140. The van der Waals surface area contributed by atoms with Crippen molar-refractivity contribution < 1.29 is 23.4 Å². The fourth-order valence-corrected chi connectivity index (χ4v) is 4.60. The van der Waals surface area contributed by atoms with Gasteiger partial charge in [-0.3, -0.25) is 4.79 Å². The number of rotatable bonds is 9. The third-order valence-corrected chi connectivity index (χ3v) is 6.46. The van der Waals surface area contributed by atoms with Gasteiger partial charge in [0, 0.05) is 13.5 Å². The molecule has 0 saturated carbocycles. The second kappa shape index (κ2) is 11.3. The summed E-state index contributed by atoms with van der Waals surface area (Å²) >= 11 is 0. The number of halogens is 1. The molecule has 178 valence electrons. The predicted octanol–water partition coefficient (Wildman–Crippen LogP) is 6.59. The molecule has 0 fully saturated rings.